The number of methoxy groups -OCH3 is 1. The topological polar surface area (TPSA) is 112 Å². The molecule has 9 heteroatoms. The molecule has 1 aliphatic heterocycles. The van der Waals surface area contributed by atoms with Crippen LogP contribution in [0.1, 0.15) is 29.6 Å². The number of phenolic OH excluding ortho intramolecular Hbond substituents is 1. The van der Waals surface area contributed by atoms with Crippen molar-refractivity contribution in [2.75, 3.05) is 7.11 Å². The highest BCUT2D eigenvalue weighted by atomic mass is 35.5. The number of Topliss-reactive ketones (excluding diaryl/α,β-unsaturated/α-hetero) is 1. The van der Waals surface area contributed by atoms with Crippen LogP contribution in [-0.4, -0.2) is 39.6 Å². The van der Waals surface area contributed by atoms with Crippen LogP contribution in [0.3, 0.4) is 0 Å². The molecule has 8 nitrogen and oxygen atoms in total. The number of rotatable bonds is 2. The first-order valence-corrected chi connectivity index (χ1v) is 8.56. The number of fused-ring (bicyclic) bond motifs is 1. The fourth-order valence-electron chi connectivity index (χ4n) is 3.59. The molecule has 2 aromatic rings. The molecule has 2 atom stereocenters. The smallest absolute Gasteiger partial charge is 0.249 e. The molecule has 1 spiro atoms. The molecule has 1 aromatic heterocycles. The van der Waals surface area contributed by atoms with Crippen molar-refractivity contribution in [1.29, 1.82) is 0 Å². The molecule has 1 aliphatic carbocycles. The van der Waals surface area contributed by atoms with Crippen molar-refractivity contribution >= 4 is 23.2 Å². The molecule has 0 saturated carbocycles. The molecule has 27 heavy (non-hydrogen) atoms. The molecule has 0 saturated heterocycles. The zero-order chi connectivity index (χ0) is 19.5. The third kappa shape index (κ3) is 2.29. The fraction of sp³-hybridized carbons (Fsp3) is 0.333. The predicted molar refractivity (Wildman–Crippen MR) is 92.7 cm³/mol. The van der Waals surface area contributed by atoms with E-state index >= 15 is 0 Å². The lowest BCUT2D eigenvalue weighted by molar-refractivity contribution is -0.118. The first kappa shape index (κ1) is 17.5. The van der Waals surface area contributed by atoms with Crippen LogP contribution >= 0.6 is 11.6 Å². The number of aromatic hydroxyl groups is 1. The Labute approximate surface area is 158 Å². The summed E-state index contributed by atoms with van der Waals surface area (Å²) in [7, 11) is 1.35. The normalized spacial score (nSPS) is 24.0. The summed E-state index contributed by atoms with van der Waals surface area (Å²) in [5.74, 6) is -1.06. The van der Waals surface area contributed by atoms with Gasteiger partial charge in [0.05, 0.1) is 17.7 Å². The van der Waals surface area contributed by atoms with Crippen molar-refractivity contribution in [3.05, 3.63) is 34.4 Å². The standard InChI is InChI=1S/C18H15ClN2O6/c1-7-4-9(22)5-12(25-3)18(7)16(24)13-11(23)6-10(14(19)15(13)27-18)17-21-20-8(2)26-17/h5-7,23H,4H2,1-3H3/t7-,18+/m1/s1. The van der Waals surface area contributed by atoms with E-state index in [0.717, 1.165) is 0 Å². The summed E-state index contributed by atoms with van der Waals surface area (Å²) in [5, 5.41) is 18.2. The van der Waals surface area contributed by atoms with E-state index in [1.54, 1.807) is 13.8 Å². The van der Waals surface area contributed by atoms with Gasteiger partial charge in [-0.25, -0.2) is 0 Å². The van der Waals surface area contributed by atoms with E-state index in [1.165, 1.54) is 19.3 Å². The van der Waals surface area contributed by atoms with Gasteiger partial charge in [-0.15, -0.1) is 10.2 Å². The van der Waals surface area contributed by atoms with E-state index in [0.29, 0.717) is 5.89 Å². The van der Waals surface area contributed by atoms with Gasteiger partial charge in [-0.1, -0.05) is 18.5 Å². The van der Waals surface area contributed by atoms with Crippen LogP contribution in [0.15, 0.2) is 22.3 Å². The molecule has 0 bridgehead atoms. The summed E-state index contributed by atoms with van der Waals surface area (Å²) in [4.78, 5) is 25.2. The molecule has 0 radical (unpaired) electrons. The maximum atomic E-state index is 13.3. The molecule has 2 heterocycles. The molecule has 4 rings (SSSR count). The first-order chi connectivity index (χ1) is 12.8. The quantitative estimate of drug-likeness (QED) is 0.833. The maximum Gasteiger partial charge on any atom is 0.249 e. The summed E-state index contributed by atoms with van der Waals surface area (Å²) >= 11 is 6.46. The Morgan fingerprint density at radius 3 is 2.74 bits per heavy atom. The average Bonchev–Trinajstić information content (AvgIpc) is 3.17. The van der Waals surface area contributed by atoms with E-state index < -0.39 is 17.3 Å². The second-order valence-electron chi connectivity index (χ2n) is 6.54. The van der Waals surface area contributed by atoms with Crippen molar-refractivity contribution in [3.8, 4) is 23.0 Å². The lowest BCUT2D eigenvalue weighted by Crippen LogP contribution is -2.51. The van der Waals surface area contributed by atoms with Gasteiger partial charge in [-0.3, -0.25) is 9.59 Å². The summed E-state index contributed by atoms with van der Waals surface area (Å²) < 4.78 is 16.7. The van der Waals surface area contributed by atoms with Gasteiger partial charge in [0.25, 0.3) is 0 Å². The van der Waals surface area contributed by atoms with Gasteiger partial charge < -0.3 is 19.0 Å². The molecule has 1 N–H and O–H groups in total. The second-order valence-corrected chi connectivity index (χ2v) is 6.92. The number of carbonyl (C=O) groups is 2. The third-order valence-electron chi connectivity index (χ3n) is 4.86. The maximum absolute atomic E-state index is 13.3. The number of phenols is 1. The number of benzene rings is 1. The summed E-state index contributed by atoms with van der Waals surface area (Å²) in [5.41, 5.74) is -1.39. The Bertz CT molecular complexity index is 1030. The number of aromatic nitrogens is 2. The monoisotopic (exact) mass is 390 g/mol. The van der Waals surface area contributed by atoms with Crippen LogP contribution in [0.5, 0.6) is 11.5 Å². The van der Waals surface area contributed by atoms with Crippen LogP contribution in [-0.2, 0) is 9.53 Å². The molecule has 0 unspecified atom stereocenters. The van der Waals surface area contributed by atoms with E-state index in [4.69, 9.17) is 25.5 Å². The summed E-state index contributed by atoms with van der Waals surface area (Å²) in [6, 6.07) is 1.28. The van der Waals surface area contributed by atoms with Gasteiger partial charge in [0.1, 0.15) is 11.3 Å². The zero-order valence-electron chi connectivity index (χ0n) is 14.7. The number of aryl methyl sites for hydroxylation is 1. The second kappa shape index (κ2) is 5.82. The predicted octanol–water partition coefficient (Wildman–Crippen LogP) is 2.86. The average molecular weight is 391 g/mol. The molecule has 0 fully saturated rings. The highest BCUT2D eigenvalue weighted by molar-refractivity contribution is 6.36. The Morgan fingerprint density at radius 2 is 2.11 bits per heavy atom. The number of hydrogen-bond donors (Lipinski definition) is 1. The van der Waals surface area contributed by atoms with Gasteiger partial charge in [-0.05, 0) is 6.07 Å². The lowest BCUT2D eigenvalue weighted by atomic mass is 9.75. The minimum absolute atomic E-state index is 0.00308. The van der Waals surface area contributed by atoms with Crippen molar-refractivity contribution < 1.29 is 28.6 Å². The minimum Gasteiger partial charge on any atom is -0.507 e. The van der Waals surface area contributed by atoms with Gasteiger partial charge in [-0.2, -0.15) is 0 Å². The Balaban J connectivity index is 1.92. The van der Waals surface area contributed by atoms with Crippen LogP contribution in [0.2, 0.25) is 5.02 Å². The molecular formula is C18H15ClN2O6. The largest absolute Gasteiger partial charge is 0.507 e. The van der Waals surface area contributed by atoms with E-state index in [9.17, 15) is 14.7 Å². The van der Waals surface area contributed by atoms with Gasteiger partial charge in [0.2, 0.25) is 23.2 Å². The first-order valence-electron chi connectivity index (χ1n) is 8.18. The van der Waals surface area contributed by atoms with Gasteiger partial charge in [0.15, 0.2) is 17.3 Å². The van der Waals surface area contributed by atoms with E-state index in [-0.39, 0.29) is 51.5 Å². The number of ether oxygens (including phenoxy) is 2. The Kier molecular flexibility index (Phi) is 3.78. The van der Waals surface area contributed by atoms with Crippen LogP contribution in [0.4, 0.5) is 0 Å². The highest BCUT2D eigenvalue weighted by Crippen LogP contribution is 2.54. The lowest BCUT2D eigenvalue weighted by Gasteiger charge is -2.36. The van der Waals surface area contributed by atoms with Gasteiger partial charge in [0, 0.05) is 25.3 Å². The van der Waals surface area contributed by atoms with Crippen molar-refractivity contribution in [3.63, 3.8) is 0 Å². The van der Waals surface area contributed by atoms with E-state index in [2.05, 4.69) is 10.2 Å². The van der Waals surface area contributed by atoms with Gasteiger partial charge >= 0.3 is 0 Å². The number of allylic oxidation sites excluding steroid dienone is 1. The van der Waals surface area contributed by atoms with Crippen molar-refractivity contribution in [2.24, 2.45) is 5.92 Å². The SMILES string of the molecule is COC1=CC(=O)C[C@@H](C)[C@]12Oc1c(Cl)c(-c3nnc(C)o3)cc(O)c1C2=O. The fourth-order valence-corrected chi connectivity index (χ4v) is 3.86. The molecular weight excluding hydrogens is 376 g/mol. The number of nitrogens with zero attached hydrogens (tertiary/aromatic N) is 2. The molecule has 0 amide bonds. The summed E-state index contributed by atoms with van der Waals surface area (Å²) in [6.07, 6.45) is 1.34. The zero-order valence-corrected chi connectivity index (χ0v) is 15.5. The van der Waals surface area contributed by atoms with Crippen molar-refractivity contribution in [1.82, 2.24) is 10.2 Å². The van der Waals surface area contributed by atoms with Crippen molar-refractivity contribution in [2.45, 2.75) is 25.9 Å². The number of hydrogen-bond acceptors (Lipinski definition) is 8. The highest BCUT2D eigenvalue weighted by Gasteiger charge is 2.59. The molecule has 1 aromatic carbocycles. The van der Waals surface area contributed by atoms with Crippen LogP contribution < -0.4 is 4.74 Å². The summed E-state index contributed by atoms with van der Waals surface area (Å²) in [6.45, 7) is 3.32. The number of halogens is 1. The van der Waals surface area contributed by atoms with E-state index in [1.807, 2.05) is 0 Å². The van der Waals surface area contributed by atoms with Crippen LogP contribution in [0, 0.1) is 12.8 Å². The Morgan fingerprint density at radius 1 is 1.37 bits per heavy atom. The molecule has 2 aliphatic rings. The minimum atomic E-state index is -1.56. The van der Waals surface area contributed by atoms with Crippen LogP contribution in [0.25, 0.3) is 11.5 Å². The third-order valence-corrected chi connectivity index (χ3v) is 5.24. The number of carbonyl (C=O) groups excluding carboxylic acids is 2. The molecule has 140 valence electrons. The Hall–Kier alpha value is -2.87. The number of ketones is 2.